The van der Waals surface area contributed by atoms with Gasteiger partial charge in [0.25, 0.3) is 5.56 Å². The van der Waals surface area contributed by atoms with E-state index in [0.29, 0.717) is 38.7 Å². The van der Waals surface area contributed by atoms with Gasteiger partial charge in [-0.05, 0) is 0 Å². The molecule has 0 aliphatic carbocycles. The van der Waals surface area contributed by atoms with Gasteiger partial charge in [0.1, 0.15) is 6.04 Å². The molecule has 0 saturated carbocycles. The van der Waals surface area contributed by atoms with Crippen LogP contribution in [0.4, 0.5) is 5.82 Å². The number of anilines is 1. The number of aromatic amines is 1. The maximum atomic E-state index is 12.8. The Morgan fingerprint density at radius 2 is 2.17 bits per heavy atom. The van der Waals surface area contributed by atoms with E-state index in [4.69, 9.17) is 11.2 Å². The van der Waals surface area contributed by atoms with Crippen molar-refractivity contribution in [1.82, 2.24) is 20.4 Å². The van der Waals surface area contributed by atoms with E-state index in [9.17, 15) is 9.59 Å². The van der Waals surface area contributed by atoms with Crippen LogP contribution in [-0.2, 0) is 9.53 Å². The molecule has 1 unspecified atom stereocenters. The van der Waals surface area contributed by atoms with Crippen LogP contribution < -0.4 is 15.8 Å². The molecule has 0 aromatic carbocycles. The maximum Gasteiger partial charge on any atom is 0.280 e. The summed E-state index contributed by atoms with van der Waals surface area (Å²) in [6, 6.07) is 1.09. The number of ether oxygens (including phenoxy) is 1. The van der Waals surface area contributed by atoms with E-state index in [1.54, 1.807) is 6.07 Å². The highest BCUT2D eigenvalue weighted by Crippen LogP contribution is 2.18. The molecule has 2 aliphatic heterocycles. The molecule has 8 nitrogen and oxygen atoms in total. The Balaban J connectivity index is 1.85. The van der Waals surface area contributed by atoms with Gasteiger partial charge in [0.15, 0.2) is 5.82 Å². The number of H-pyrrole nitrogens is 1. The lowest BCUT2D eigenvalue weighted by atomic mass is 10.1. The van der Waals surface area contributed by atoms with Gasteiger partial charge in [-0.25, -0.2) is 5.10 Å². The number of nitrogens with one attached hydrogen (secondary N) is 2. The van der Waals surface area contributed by atoms with Gasteiger partial charge >= 0.3 is 0 Å². The molecule has 1 aromatic heterocycles. The summed E-state index contributed by atoms with van der Waals surface area (Å²) >= 11 is 0. The first-order valence-electron chi connectivity index (χ1n) is 7.61. The number of piperazine rings is 1. The molecule has 3 rings (SSSR count). The van der Waals surface area contributed by atoms with Crippen molar-refractivity contribution in [2.45, 2.75) is 6.04 Å². The zero-order chi connectivity index (χ0) is 16.2. The lowest BCUT2D eigenvalue weighted by Crippen LogP contribution is -2.58. The molecule has 1 aromatic rings. The summed E-state index contributed by atoms with van der Waals surface area (Å²) in [5, 5.41) is 9.66. The molecule has 2 saturated heterocycles. The van der Waals surface area contributed by atoms with Crippen LogP contribution in [0.3, 0.4) is 0 Å². The summed E-state index contributed by atoms with van der Waals surface area (Å²) in [6.45, 7) is 4.25. The number of hydrogen-bond donors (Lipinski definition) is 2. The van der Waals surface area contributed by atoms with Gasteiger partial charge < -0.3 is 19.9 Å². The Morgan fingerprint density at radius 1 is 1.39 bits per heavy atom. The molecule has 0 radical (unpaired) electrons. The molecule has 122 valence electrons. The Labute approximate surface area is 133 Å². The van der Waals surface area contributed by atoms with Gasteiger partial charge in [-0.1, -0.05) is 5.92 Å². The molecule has 2 N–H and O–H groups in total. The van der Waals surface area contributed by atoms with Crippen LogP contribution in [0.1, 0.15) is 5.56 Å². The largest absolute Gasteiger partial charge is 0.377 e. The van der Waals surface area contributed by atoms with Crippen LogP contribution in [0, 0.1) is 12.3 Å². The highest BCUT2D eigenvalue weighted by molar-refractivity contribution is 5.85. The fraction of sp³-hybridized carbons (Fsp3) is 0.533. The monoisotopic (exact) mass is 317 g/mol. The Morgan fingerprint density at radius 3 is 2.91 bits per heavy atom. The van der Waals surface area contributed by atoms with Crippen LogP contribution in [0.5, 0.6) is 0 Å². The van der Waals surface area contributed by atoms with Gasteiger partial charge in [0.05, 0.1) is 18.8 Å². The van der Waals surface area contributed by atoms with Crippen molar-refractivity contribution in [2.75, 3.05) is 50.8 Å². The fourth-order valence-electron chi connectivity index (χ4n) is 2.83. The first kappa shape index (κ1) is 15.5. The third-order valence-electron chi connectivity index (χ3n) is 4.08. The smallest absolute Gasteiger partial charge is 0.280 e. The molecule has 2 aliphatic rings. The molecular weight excluding hydrogens is 298 g/mol. The third-order valence-corrected chi connectivity index (χ3v) is 4.08. The van der Waals surface area contributed by atoms with Crippen molar-refractivity contribution in [3.05, 3.63) is 22.0 Å². The Bertz CT molecular complexity index is 674. The third kappa shape index (κ3) is 3.21. The lowest BCUT2D eigenvalue weighted by Gasteiger charge is -2.39. The second-order valence-corrected chi connectivity index (χ2v) is 5.47. The van der Waals surface area contributed by atoms with Crippen molar-refractivity contribution in [2.24, 2.45) is 0 Å². The summed E-state index contributed by atoms with van der Waals surface area (Å²) in [6.07, 6.45) is 5.34. The zero-order valence-corrected chi connectivity index (χ0v) is 12.7. The standard InChI is InChI=1S/C15H19N5O3/c1-2-11-9-13(17-18-14(11)21)20-7-8-23-10-12(20)15(22)19-5-3-16-4-6-19/h1,9,12,16H,3-8,10H2,(H,18,21). The highest BCUT2D eigenvalue weighted by atomic mass is 16.5. The number of hydrogen-bond acceptors (Lipinski definition) is 6. The van der Waals surface area contributed by atoms with Crippen LogP contribution >= 0.6 is 0 Å². The minimum absolute atomic E-state index is 0.0152. The summed E-state index contributed by atoms with van der Waals surface area (Å²) < 4.78 is 5.48. The predicted octanol–water partition coefficient (Wildman–Crippen LogP) is -1.61. The van der Waals surface area contributed by atoms with Gasteiger partial charge in [-0.15, -0.1) is 6.42 Å². The minimum atomic E-state index is -0.453. The maximum absolute atomic E-state index is 12.8. The summed E-state index contributed by atoms with van der Waals surface area (Å²) in [7, 11) is 0. The average molecular weight is 317 g/mol. The number of nitrogens with zero attached hydrogens (tertiary/aromatic N) is 3. The topological polar surface area (TPSA) is 90.6 Å². The Hall–Kier alpha value is -2.37. The molecule has 0 bridgehead atoms. The number of aromatic nitrogens is 2. The van der Waals surface area contributed by atoms with Crippen LogP contribution in [-0.4, -0.2) is 73.0 Å². The fourth-order valence-corrected chi connectivity index (χ4v) is 2.83. The van der Waals surface area contributed by atoms with E-state index in [2.05, 4.69) is 21.4 Å². The quantitative estimate of drug-likeness (QED) is 0.638. The summed E-state index contributed by atoms with van der Waals surface area (Å²) in [5.41, 5.74) is -0.204. The average Bonchev–Trinajstić information content (AvgIpc) is 2.62. The van der Waals surface area contributed by atoms with Crippen molar-refractivity contribution in [1.29, 1.82) is 0 Å². The summed E-state index contributed by atoms with van der Waals surface area (Å²) in [4.78, 5) is 28.0. The molecule has 0 spiro atoms. The van der Waals surface area contributed by atoms with E-state index in [1.807, 2.05) is 9.80 Å². The number of carbonyl (C=O) groups is 1. The van der Waals surface area contributed by atoms with Crippen LogP contribution in [0.2, 0.25) is 0 Å². The first-order chi connectivity index (χ1) is 11.2. The first-order valence-corrected chi connectivity index (χ1v) is 7.61. The predicted molar refractivity (Wildman–Crippen MR) is 84.2 cm³/mol. The van der Waals surface area contributed by atoms with E-state index >= 15 is 0 Å². The molecule has 2 fully saturated rings. The molecular formula is C15H19N5O3. The van der Waals surface area contributed by atoms with E-state index in [0.717, 1.165) is 13.1 Å². The number of rotatable bonds is 2. The van der Waals surface area contributed by atoms with Crippen LogP contribution in [0.15, 0.2) is 10.9 Å². The number of carbonyl (C=O) groups excluding carboxylic acids is 1. The van der Waals surface area contributed by atoms with Gasteiger partial charge in [-0.2, -0.15) is 5.10 Å². The van der Waals surface area contributed by atoms with Crippen molar-refractivity contribution in [3.8, 4) is 12.3 Å². The lowest BCUT2D eigenvalue weighted by molar-refractivity contribution is -0.135. The Kier molecular flexibility index (Phi) is 4.60. The van der Waals surface area contributed by atoms with Gasteiger partial charge in [-0.3, -0.25) is 9.59 Å². The van der Waals surface area contributed by atoms with E-state index in [-0.39, 0.29) is 11.5 Å². The minimum Gasteiger partial charge on any atom is -0.377 e. The van der Waals surface area contributed by atoms with Crippen LogP contribution in [0.25, 0.3) is 0 Å². The SMILES string of the molecule is C#Cc1cc(N2CCOCC2C(=O)N2CCNCC2)n[nH]c1=O. The molecule has 23 heavy (non-hydrogen) atoms. The normalized spacial score (nSPS) is 21.8. The zero-order valence-electron chi connectivity index (χ0n) is 12.7. The second kappa shape index (κ2) is 6.81. The molecule has 3 heterocycles. The van der Waals surface area contributed by atoms with Crippen molar-refractivity contribution >= 4 is 11.7 Å². The number of terminal acetylenes is 1. The number of morpholine rings is 1. The number of amides is 1. The van der Waals surface area contributed by atoms with E-state index < -0.39 is 11.6 Å². The molecule has 1 atom stereocenters. The highest BCUT2D eigenvalue weighted by Gasteiger charge is 2.34. The van der Waals surface area contributed by atoms with Crippen molar-refractivity contribution in [3.63, 3.8) is 0 Å². The van der Waals surface area contributed by atoms with Gasteiger partial charge in [0, 0.05) is 38.8 Å². The molecule has 1 amide bonds. The summed E-state index contributed by atoms with van der Waals surface area (Å²) in [5.74, 6) is 2.85. The molecule has 8 heteroatoms. The van der Waals surface area contributed by atoms with E-state index in [1.165, 1.54) is 0 Å². The van der Waals surface area contributed by atoms with Gasteiger partial charge in [0.2, 0.25) is 5.91 Å². The second-order valence-electron chi connectivity index (χ2n) is 5.47. The van der Waals surface area contributed by atoms with Crippen molar-refractivity contribution < 1.29 is 9.53 Å².